The first-order chi connectivity index (χ1) is 11.5. The molecule has 2 aromatic carbocycles. The first-order valence-corrected chi connectivity index (χ1v) is 8.56. The number of ether oxygens (including phenoxy) is 3. The van der Waals surface area contributed by atoms with Crippen LogP contribution in [0, 0.1) is 0 Å². The Morgan fingerprint density at radius 3 is 2.38 bits per heavy atom. The van der Waals surface area contributed by atoms with Crippen molar-refractivity contribution < 1.29 is 14.2 Å². The van der Waals surface area contributed by atoms with Gasteiger partial charge in [-0.15, -0.1) is 0 Å². The van der Waals surface area contributed by atoms with Gasteiger partial charge in [-0.05, 0) is 43.7 Å². The minimum Gasteiger partial charge on any atom is -0.488 e. The summed E-state index contributed by atoms with van der Waals surface area (Å²) in [5.74, 6) is 2.05. The summed E-state index contributed by atoms with van der Waals surface area (Å²) >= 11 is 12.6. The molecule has 6 heteroatoms. The highest BCUT2D eigenvalue weighted by Gasteiger charge is 2.13. The van der Waals surface area contributed by atoms with E-state index in [0.29, 0.717) is 35.6 Å². The summed E-state index contributed by atoms with van der Waals surface area (Å²) in [4.78, 5) is 0. The number of rotatable bonds is 5. The Bertz CT molecular complexity index is 711. The molecule has 1 aliphatic heterocycles. The number of hydrogen-bond donors (Lipinski definition) is 1. The summed E-state index contributed by atoms with van der Waals surface area (Å²) in [5, 5.41) is 4.35. The fraction of sp³-hybridized carbons (Fsp3) is 0.333. The molecule has 0 fully saturated rings. The van der Waals surface area contributed by atoms with E-state index in [2.05, 4.69) is 5.32 Å². The van der Waals surface area contributed by atoms with Gasteiger partial charge >= 0.3 is 0 Å². The first kappa shape index (κ1) is 17.1. The smallest absolute Gasteiger partial charge is 0.163 e. The van der Waals surface area contributed by atoms with Gasteiger partial charge in [0.05, 0.1) is 16.1 Å². The molecule has 0 bridgehead atoms. The molecule has 2 aromatic rings. The number of fused-ring (bicyclic) bond motifs is 1. The number of benzene rings is 2. The molecule has 0 saturated carbocycles. The Balaban J connectivity index is 1.70. The van der Waals surface area contributed by atoms with Crippen molar-refractivity contribution in [2.75, 3.05) is 18.5 Å². The summed E-state index contributed by atoms with van der Waals surface area (Å²) in [6.45, 7) is 5.61. The Morgan fingerprint density at radius 1 is 1.04 bits per heavy atom. The van der Waals surface area contributed by atoms with Gasteiger partial charge in [0.2, 0.25) is 0 Å². The van der Waals surface area contributed by atoms with E-state index in [1.807, 2.05) is 44.2 Å². The van der Waals surface area contributed by atoms with Gasteiger partial charge in [-0.1, -0.05) is 23.2 Å². The second kappa shape index (κ2) is 7.41. The van der Waals surface area contributed by atoms with Crippen LogP contribution in [0.1, 0.15) is 19.4 Å². The monoisotopic (exact) mass is 367 g/mol. The lowest BCUT2D eigenvalue weighted by Gasteiger charge is -2.19. The highest BCUT2D eigenvalue weighted by atomic mass is 35.5. The molecule has 1 heterocycles. The molecular formula is C18H19Cl2NO3. The van der Waals surface area contributed by atoms with E-state index in [1.165, 1.54) is 0 Å². The van der Waals surface area contributed by atoms with Crippen molar-refractivity contribution in [2.45, 2.75) is 26.5 Å². The predicted molar refractivity (Wildman–Crippen MR) is 97.0 cm³/mol. The van der Waals surface area contributed by atoms with E-state index in [1.54, 1.807) is 0 Å². The second-order valence-corrected chi connectivity index (χ2v) is 6.58. The Hall–Kier alpha value is -1.78. The third-order valence-corrected chi connectivity index (χ3v) is 4.01. The number of anilines is 1. The molecule has 0 unspecified atom stereocenters. The molecule has 0 radical (unpaired) electrons. The molecule has 4 nitrogen and oxygen atoms in total. The molecule has 3 rings (SSSR count). The van der Waals surface area contributed by atoms with E-state index in [4.69, 9.17) is 37.4 Å². The highest BCUT2D eigenvalue weighted by Crippen LogP contribution is 2.36. The van der Waals surface area contributed by atoms with Crippen LogP contribution in [0.5, 0.6) is 17.2 Å². The van der Waals surface area contributed by atoms with Crippen LogP contribution in [0.4, 0.5) is 5.69 Å². The number of hydrogen-bond acceptors (Lipinski definition) is 4. The van der Waals surface area contributed by atoms with Crippen molar-refractivity contribution in [1.29, 1.82) is 0 Å². The van der Waals surface area contributed by atoms with Crippen LogP contribution in [-0.2, 0) is 6.54 Å². The average molecular weight is 368 g/mol. The van der Waals surface area contributed by atoms with Crippen molar-refractivity contribution in [3.8, 4) is 17.2 Å². The summed E-state index contributed by atoms with van der Waals surface area (Å²) in [6, 6.07) is 9.49. The molecule has 0 amide bonds. The lowest BCUT2D eigenvalue weighted by atomic mass is 10.2. The largest absolute Gasteiger partial charge is 0.488 e. The summed E-state index contributed by atoms with van der Waals surface area (Å²) < 4.78 is 16.7. The average Bonchev–Trinajstić information content (AvgIpc) is 2.56. The van der Waals surface area contributed by atoms with Gasteiger partial charge in [0.25, 0.3) is 0 Å². The van der Waals surface area contributed by atoms with E-state index < -0.39 is 0 Å². The molecule has 1 aliphatic rings. The highest BCUT2D eigenvalue weighted by molar-refractivity contribution is 6.37. The van der Waals surface area contributed by atoms with E-state index in [9.17, 15) is 0 Å². The van der Waals surface area contributed by atoms with Crippen LogP contribution in [-0.4, -0.2) is 19.3 Å². The molecule has 0 spiro atoms. The van der Waals surface area contributed by atoms with Gasteiger partial charge in [-0.2, -0.15) is 0 Å². The van der Waals surface area contributed by atoms with Crippen molar-refractivity contribution in [3.63, 3.8) is 0 Å². The maximum Gasteiger partial charge on any atom is 0.163 e. The van der Waals surface area contributed by atoms with Gasteiger partial charge < -0.3 is 19.5 Å². The fourth-order valence-corrected chi connectivity index (χ4v) is 3.04. The minimum absolute atomic E-state index is 0.0155. The maximum atomic E-state index is 6.28. The van der Waals surface area contributed by atoms with Gasteiger partial charge in [0.15, 0.2) is 17.2 Å². The third-order valence-electron chi connectivity index (χ3n) is 3.45. The number of halogens is 2. The second-order valence-electron chi connectivity index (χ2n) is 5.77. The van der Waals surface area contributed by atoms with Crippen LogP contribution < -0.4 is 19.5 Å². The van der Waals surface area contributed by atoms with Gasteiger partial charge in [0.1, 0.15) is 13.2 Å². The first-order valence-electron chi connectivity index (χ1n) is 7.81. The zero-order valence-electron chi connectivity index (χ0n) is 13.6. The van der Waals surface area contributed by atoms with Crippen LogP contribution in [0.15, 0.2) is 30.3 Å². The molecule has 24 heavy (non-hydrogen) atoms. The van der Waals surface area contributed by atoms with Crippen molar-refractivity contribution in [1.82, 2.24) is 0 Å². The zero-order chi connectivity index (χ0) is 17.1. The fourth-order valence-electron chi connectivity index (χ4n) is 2.42. The van der Waals surface area contributed by atoms with Crippen LogP contribution in [0.3, 0.4) is 0 Å². The molecule has 0 aliphatic carbocycles. The van der Waals surface area contributed by atoms with Crippen LogP contribution in [0.25, 0.3) is 0 Å². The molecule has 0 atom stereocenters. The molecule has 0 aromatic heterocycles. The topological polar surface area (TPSA) is 39.7 Å². The molecular weight excluding hydrogens is 349 g/mol. The van der Waals surface area contributed by atoms with Gasteiger partial charge in [-0.25, -0.2) is 0 Å². The Morgan fingerprint density at radius 2 is 1.71 bits per heavy atom. The van der Waals surface area contributed by atoms with Crippen molar-refractivity contribution in [2.24, 2.45) is 0 Å². The molecule has 128 valence electrons. The number of nitrogens with one attached hydrogen (secondary N) is 1. The summed E-state index contributed by atoms with van der Waals surface area (Å²) in [5.41, 5.74) is 1.91. The van der Waals surface area contributed by atoms with Crippen molar-refractivity contribution in [3.05, 3.63) is 45.9 Å². The molecule has 1 N–H and O–H groups in total. The van der Waals surface area contributed by atoms with E-state index in [0.717, 1.165) is 22.7 Å². The SMILES string of the molecule is CC(C)Oc1c(Cl)cc(CNc2ccc3c(c2)OCCO3)cc1Cl. The maximum absolute atomic E-state index is 6.28. The van der Waals surface area contributed by atoms with E-state index >= 15 is 0 Å². The lowest BCUT2D eigenvalue weighted by molar-refractivity contribution is 0.171. The predicted octanol–water partition coefficient (Wildman–Crippen LogP) is 5.16. The Labute approximate surface area is 151 Å². The van der Waals surface area contributed by atoms with E-state index in [-0.39, 0.29) is 6.10 Å². The van der Waals surface area contributed by atoms with Crippen molar-refractivity contribution >= 4 is 28.9 Å². The summed E-state index contributed by atoms with van der Waals surface area (Å²) in [6.07, 6.45) is 0.0155. The normalized spacial score (nSPS) is 13.0. The standard InChI is InChI=1S/C18H19Cl2NO3/c1-11(2)24-18-14(19)7-12(8-15(18)20)10-21-13-3-4-16-17(9-13)23-6-5-22-16/h3-4,7-9,11,21H,5-6,10H2,1-2H3. The zero-order valence-corrected chi connectivity index (χ0v) is 15.1. The quantitative estimate of drug-likeness (QED) is 0.791. The van der Waals surface area contributed by atoms with Crippen LogP contribution in [0.2, 0.25) is 10.0 Å². The van der Waals surface area contributed by atoms with Crippen LogP contribution >= 0.6 is 23.2 Å². The Kier molecular flexibility index (Phi) is 5.27. The minimum atomic E-state index is 0.0155. The summed E-state index contributed by atoms with van der Waals surface area (Å²) in [7, 11) is 0. The van der Waals surface area contributed by atoms with Gasteiger partial charge in [0, 0.05) is 18.3 Å². The third kappa shape index (κ3) is 4.00. The van der Waals surface area contributed by atoms with Gasteiger partial charge in [-0.3, -0.25) is 0 Å². The molecule has 0 saturated heterocycles. The lowest BCUT2D eigenvalue weighted by Crippen LogP contribution is -2.15.